The normalized spacial score (nSPS) is 11.8. The first-order chi connectivity index (χ1) is 23.3. The van der Waals surface area contributed by atoms with Gasteiger partial charge < -0.3 is 0 Å². The Bertz CT molecular complexity index is 2780. The van der Waals surface area contributed by atoms with Crippen LogP contribution in [0, 0.1) is 0 Å². The van der Waals surface area contributed by atoms with Gasteiger partial charge in [-0.15, -0.1) is 11.3 Å². The molecule has 0 aliphatic heterocycles. The van der Waals surface area contributed by atoms with E-state index in [4.69, 9.17) is 0 Å². The van der Waals surface area contributed by atoms with E-state index in [2.05, 4.69) is 170 Å². The van der Waals surface area contributed by atoms with E-state index in [9.17, 15) is 0 Å². The first-order valence-electron chi connectivity index (χ1n) is 16.2. The van der Waals surface area contributed by atoms with E-state index in [1.165, 1.54) is 96.6 Å². The molecule has 10 aromatic rings. The quantitative estimate of drug-likeness (QED) is 0.138. The molecule has 9 aromatic carbocycles. The van der Waals surface area contributed by atoms with E-state index >= 15 is 0 Å². The Labute approximate surface area is 276 Å². The van der Waals surface area contributed by atoms with Gasteiger partial charge >= 0.3 is 0 Å². The lowest BCUT2D eigenvalue weighted by atomic mass is 9.84. The number of thiophene rings is 1. The molecule has 47 heavy (non-hydrogen) atoms. The molecule has 1 aromatic heterocycles. The van der Waals surface area contributed by atoms with Crippen molar-refractivity contribution >= 4 is 74.6 Å². The molecule has 0 fully saturated rings. The molecule has 0 unspecified atom stereocenters. The fourth-order valence-corrected chi connectivity index (χ4v) is 9.16. The molecule has 218 valence electrons. The second kappa shape index (κ2) is 10.4. The Morgan fingerprint density at radius 3 is 1.45 bits per heavy atom. The minimum Gasteiger partial charge on any atom is -0.134 e. The average molecular weight is 613 g/mol. The summed E-state index contributed by atoms with van der Waals surface area (Å²) in [5.74, 6) is 0. The van der Waals surface area contributed by atoms with Crippen LogP contribution in [0.15, 0.2) is 170 Å². The number of hydrogen-bond donors (Lipinski definition) is 0. The summed E-state index contributed by atoms with van der Waals surface area (Å²) in [7, 11) is 0. The van der Waals surface area contributed by atoms with Gasteiger partial charge in [-0.25, -0.2) is 0 Å². The van der Waals surface area contributed by atoms with Gasteiger partial charge in [0.05, 0.1) is 0 Å². The van der Waals surface area contributed by atoms with Crippen molar-refractivity contribution in [1.82, 2.24) is 0 Å². The molecule has 0 saturated carbocycles. The number of fused-ring (bicyclic) bond motifs is 10. The minimum absolute atomic E-state index is 1.23. The summed E-state index contributed by atoms with van der Waals surface area (Å²) in [4.78, 5) is 0. The van der Waals surface area contributed by atoms with Gasteiger partial charge in [-0.3, -0.25) is 0 Å². The van der Waals surface area contributed by atoms with Crippen molar-refractivity contribution < 1.29 is 0 Å². The first-order valence-corrected chi connectivity index (χ1v) is 17.0. The largest absolute Gasteiger partial charge is 0.134 e. The molecule has 0 amide bonds. The third-order valence-electron chi connectivity index (χ3n) is 9.85. The first kappa shape index (κ1) is 26.5. The molecule has 0 aliphatic rings. The zero-order valence-electron chi connectivity index (χ0n) is 25.6. The van der Waals surface area contributed by atoms with Gasteiger partial charge in [0.2, 0.25) is 0 Å². The van der Waals surface area contributed by atoms with Crippen molar-refractivity contribution in [3.63, 3.8) is 0 Å². The Morgan fingerprint density at radius 1 is 0.298 bits per heavy atom. The molecule has 0 spiro atoms. The van der Waals surface area contributed by atoms with Gasteiger partial charge in [0.1, 0.15) is 0 Å². The third-order valence-corrected chi connectivity index (χ3v) is 11.0. The molecular weight excluding hydrogens is 585 g/mol. The zero-order valence-corrected chi connectivity index (χ0v) is 26.4. The smallest absolute Gasteiger partial charge is 0.0440 e. The van der Waals surface area contributed by atoms with E-state index in [0.29, 0.717) is 0 Å². The summed E-state index contributed by atoms with van der Waals surface area (Å²) in [5.41, 5.74) is 7.59. The van der Waals surface area contributed by atoms with Crippen LogP contribution < -0.4 is 0 Å². The summed E-state index contributed by atoms with van der Waals surface area (Å²) in [5, 5.41) is 13.1. The summed E-state index contributed by atoms with van der Waals surface area (Å²) in [6.07, 6.45) is 0. The van der Waals surface area contributed by atoms with Crippen LogP contribution in [0.1, 0.15) is 0 Å². The molecule has 0 atom stereocenters. The topological polar surface area (TPSA) is 0 Å². The summed E-state index contributed by atoms with van der Waals surface area (Å²) in [6, 6.07) is 62.5. The highest BCUT2D eigenvalue weighted by atomic mass is 32.1. The van der Waals surface area contributed by atoms with Crippen LogP contribution >= 0.6 is 11.3 Å². The predicted octanol–water partition coefficient (Wildman–Crippen LogP) is 13.7. The fourth-order valence-electron chi connectivity index (χ4n) is 7.86. The van der Waals surface area contributed by atoms with Gasteiger partial charge in [0.25, 0.3) is 0 Å². The monoisotopic (exact) mass is 612 g/mol. The minimum atomic E-state index is 1.23. The molecule has 1 heterocycles. The van der Waals surface area contributed by atoms with Crippen molar-refractivity contribution in [2.45, 2.75) is 0 Å². The summed E-state index contributed by atoms with van der Waals surface area (Å²) < 4.78 is 2.69. The maximum absolute atomic E-state index is 2.44. The van der Waals surface area contributed by atoms with Crippen LogP contribution in [0.4, 0.5) is 0 Å². The van der Waals surface area contributed by atoms with Gasteiger partial charge in [0, 0.05) is 25.6 Å². The number of hydrogen-bond acceptors (Lipinski definition) is 1. The molecule has 0 nitrogen and oxygen atoms in total. The highest BCUT2D eigenvalue weighted by molar-refractivity contribution is 7.27. The Morgan fingerprint density at radius 2 is 0.787 bits per heavy atom. The molecular formula is C46H28S. The van der Waals surface area contributed by atoms with E-state index < -0.39 is 0 Å². The Kier molecular flexibility index (Phi) is 5.85. The second-order valence-corrected chi connectivity index (χ2v) is 13.4. The number of benzene rings is 9. The maximum atomic E-state index is 2.44. The van der Waals surface area contributed by atoms with Crippen molar-refractivity contribution in [1.29, 1.82) is 0 Å². The molecule has 10 rings (SSSR count). The molecule has 0 aliphatic carbocycles. The molecule has 0 radical (unpaired) electrons. The van der Waals surface area contributed by atoms with Gasteiger partial charge in [-0.1, -0.05) is 164 Å². The standard InChI is InChI=1S/C46H28S/c1-2-14-29(15-3-1)31-16-4-7-19-34(31)44-38-23-11-9-21-36(38)43(37-22-10-12-24-39(37)44)30-26-27-41-42(28-30)47-46-40-25-13-6-18-33(40)32-17-5-8-20-35(32)45(41)46/h1-28H. The zero-order chi connectivity index (χ0) is 30.9. The molecule has 0 bridgehead atoms. The van der Waals surface area contributed by atoms with Crippen LogP contribution in [0.2, 0.25) is 0 Å². The van der Waals surface area contributed by atoms with Crippen molar-refractivity contribution in [3.8, 4) is 33.4 Å². The van der Waals surface area contributed by atoms with Crippen LogP contribution in [-0.4, -0.2) is 0 Å². The lowest BCUT2D eigenvalue weighted by Crippen LogP contribution is -1.92. The Balaban J connectivity index is 1.29. The van der Waals surface area contributed by atoms with Crippen LogP contribution in [0.25, 0.3) is 96.6 Å². The molecule has 1 heteroatoms. The van der Waals surface area contributed by atoms with Crippen LogP contribution in [0.3, 0.4) is 0 Å². The molecule has 0 N–H and O–H groups in total. The third kappa shape index (κ3) is 3.94. The Hall–Kier alpha value is -5.76. The van der Waals surface area contributed by atoms with E-state index in [1.807, 2.05) is 11.3 Å². The fraction of sp³-hybridized carbons (Fsp3) is 0. The van der Waals surface area contributed by atoms with E-state index in [0.717, 1.165) is 0 Å². The van der Waals surface area contributed by atoms with Gasteiger partial charge in [-0.05, 0) is 77.2 Å². The van der Waals surface area contributed by atoms with Gasteiger partial charge in [-0.2, -0.15) is 0 Å². The SMILES string of the molecule is c1ccc(-c2ccccc2-c2c3ccccc3c(-c3ccc4c(c3)sc3c5ccccc5c5ccccc5c43)c3ccccc23)cc1. The van der Waals surface area contributed by atoms with Crippen LogP contribution in [-0.2, 0) is 0 Å². The highest BCUT2D eigenvalue weighted by Gasteiger charge is 2.20. The summed E-state index contributed by atoms with van der Waals surface area (Å²) in [6.45, 7) is 0. The van der Waals surface area contributed by atoms with E-state index in [-0.39, 0.29) is 0 Å². The van der Waals surface area contributed by atoms with Crippen molar-refractivity contribution in [3.05, 3.63) is 170 Å². The maximum Gasteiger partial charge on any atom is 0.0440 e. The average Bonchev–Trinajstić information content (AvgIpc) is 3.54. The summed E-state index contributed by atoms with van der Waals surface area (Å²) >= 11 is 1.93. The van der Waals surface area contributed by atoms with Crippen molar-refractivity contribution in [2.24, 2.45) is 0 Å². The van der Waals surface area contributed by atoms with E-state index in [1.54, 1.807) is 0 Å². The predicted molar refractivity (Wildman–Crippen MR) is 206 cm³/mol. The van der Waals surface area contributed by atoms with Crippen molar-refractivity contribution in [2.75, 3.05) is 0 Å². The van der Waals surface area contributed by atoms with Gasteiger partial charge in [0.15, 0.2) is 0 Å². The highest BCUT2D eigenvalue weighted by Crippen LogP contribution is 2.48. The number of rotatable bonds is 3. The lowest BCUT2D eigenvalue weighted by molar-refractivity contribution is 1.61. The molecule has 0 saturated heterocycles. The second-order valence-electron chi connectivity index (χ2n) is 12.4. The lowest BCUT2D eigenvalue weighted by Gasteiger charge is -2.19. The van der Waals surface area contributed by atoms with Crippen LogP contribution in [0.5, 0.6) is 0 Å².